The third-order valence-corrected chi connectivity index (χ3v) is 6.41. The number of amides is 1. The molecule has 3 aromatic rings. The van der Waals surface area contributed by atoms with Crippen molar-refractivity contribution < 1.29 is 27.9 Å². The Morgan fingerprint density at radius 1 is 1.06 bits per heavy atom. The van der Waals surface area contributed by atoms with Crippen molar-refractivity contribution in [2.24, 2.45) is 0 Å². The molecule has 1 atom stereocenters. The summed E-state index contributed by atoms with van der Waals surface area (Å²) in [4.78, 5) is 27.6. The van der Waals surface area contributed by atoms with Gasteiger partial charge in [0.25, 0.3) is 5.91 Å². The molecule has 0 bridgehead atoms. The van der Waals surface area contributed by atoms with E-state index in [9.17, 15) is 27.9 Å². The van der Waals surface area contributed by atoms with Crippen LogP contribution in [0, 0.1) is 6.92 Å². The molecule has 0 fully saturated rings. The van der Waals surface area contributed by atoms with Gasteiger partial charge >= 0.3 is 6.18 Å². The van der Waals surface area contributed by atoms with Crippen LogP contribution in [0.1, 0.15) is 57.9 Å². The number of hydrogen-bond acceptors (Lipinski definition) is 6. The molecule has 0 aliphatic carbocycles. The molecule has 2 heterocycles. The van der Waals surface area contributed by atoms with Crippen molar-refractivity contribution in [1.29, 1.82) is 0 Å². The number of carbonyl (C=O) groups is 2. The molecular formula is C24H20F3N3O3S. The van der Waals surface area contributed by atoms with Gasteiger partial charge < -0.3 is 5.11 Å². The van der Waals surface area contributed by atoms with Gasteiger partial charge in [-0.1, -0.05) is 61.6 Å². The first-order valence-corrected chi connectivity index (χ1v) is 11.2. The lowest BCUT2D eigenvalue weighted by Crippen LogP contribution is -2.31. The van der Waals surface area contributed by atoms with Crippen LogP contribution in [-0.2, 0) is 11.0 Å². The summed E-state index contributed by atoms with van der Waals surface area (Å²) in [6.07, 6.45) is -4.55. The minimum atomic E-state index is -4.55. The zero-order valence-corrected chi connectivity index (χ0v) is 19.2. The Labute approximate surface area is 197 Å². The van der Waals surface area contributed by atoms with Gasteiger partial charge in [-0.15, -0.1) is 10.2 Å². The summed E-state index contributed by atoms with van der Waals surface area (Å²) in [7, 11) is 0. The van der Waals surface area contributed by atoms with E-state index in [4.69, 9.17) is 0 Å². The maximum Gasteiger partial charge on any atom is 0.416 e. The van der Waals surface area contributed by atoms with E-state index < -0.39 is 35.2 Å². The van der Waals surface area contributed by atoms with E-state index in [2.05, 4.69) is 10.2 Å². The van der Waals surface area contributed by atoms with Crippen LogP contribution in [0.25, 0.3) is 0 Å². The Balaban J connectivity index is 1.82. The van der Waals surface area contributed by atoms with E-state index in [0.29, 0.717) is 5.01 Å². The van der Waals surface area contributed by atoms with Crippen molar-refractivity contribution in [3.05, 3.63) is 87.1 Å². The van der Waals surface area contributed by atoms with Gasteiger partial charge in [-0.05, 0) is 36.1 Å². The first-order chi connectivity index (χ1) is 16.0. The van der Waals surface area contributed by atoms with Crippen molar-refractivity contribution >= 4 is 28.2 Å². The number of ketones is 1. The lowest BCUT2D eigenvalue weighted by atomic mass is 9.91. The van der Waals surface area contributed by atoms with Crippen LogP contribution < -0.4 is 4.90 Å². The monoisotopic (exact) mass is 487 g/mol. The highest BCUT2D eigenvalue weighted by molar-refractivity contribution is 7.15. The Kier molecular flexibility index (Phi) is 6.03. The topological polar surface area (TPSA) is 83.4 Å². The summed E-state index contributed by atoms with van der Waals surface area (Å²) < 4.78 is 39.3. The summed E-state index contributed by atoms with van der Waals surface area (Å²) in [5.74, 6) is -2.01. The van der Waals surface area contributed by atoms with E-state index in [1.54, 1.807) is 31.2 Å². The van der Waals surface area contributed by atoms with Gasteiger partial charge in [0.05, 0.1) is 17.2 Å². The number of alkyl halides is 3. The second kappa shape index (κ2) is 8.68. The maximum atomic E-state index is 13.5. The van der Waals surface area contributed by atoms with Crippen molar-refractivity contribution in [2.45, 2.75) is 38.9 Å². The van der Waals surface area contributed by atoms with Gasteiger partial charge in [-0.2, -0.15) is 13.2 Å². The number of aliphatic hydroxyl groups excluding tert-OH is 1. The Bertz CT molecular complexity index is 1280. The molecule has 1 aliphatic heterocycles. The number of aryl methyl sites for hydroxylation is 1. The molecule has 0 radical (unpaired) electrons. The van der Waals surface area contributed by atoms with Crippen molar-refractivity contribution in [3.8, 4) is 0 Å². The third-order valence-electron chi connectivity index (χ3n) is 5.57. The fraction of sp³-hybridized carbons (Fsp3) is 0.250. The molecule has 34 heavy (non-hydrogen) atoms. The SMILES string of the molecule is Cc1nnc(N2C(=O)C(O)=C(C(=O)c3ccc(C(C)C)cc3)C2c2ccc(C(F)(F)F)cc2)s1. The molecule has 1 amide bonds. The van der Waals surface area contributed by atoms with E-state index >= 15 is 0 Å². The van der Waals surface area contributed by atoms with Gasteiger partial charge in [0.1, 0.15) is 5.01 Å². The predicted molar refractivity (Wildman–Crippen MR) is 121 cm³/mol. The summed E-state index contributed by atoms with van der Waals surface area (Å²) >= 11 is 1.07. The molecule has 1 aliphatic rings. The van der Waals surface area contributed by atoms with Gasteiger partial charge in [-0.25, -0.2) is 0 Å². The number of halogens is 3. The van der Waals surface area contributed by atoms with Crippen molar-refractivity contribution in [2.75, 3.05) is 4.90 Å². The lowest BCUT2D eigenvalue weighted by molar-refractivity contribution is -0.137. The van der Waals surface area contributed by atoms with Crippen molar-refractivity contribution in [1.82, 2.24) is 10.2 Å². The van der Waals surface area contributed by atoms with E-state index in [0.717, 1.165) is 33.9 Å². The second-order valence-corrected chi connectivity index (χ2v) is 9.33. The van der Waals surface area contributed by atoms with Crippen LogP contribution in [-0.4, -0.2) is 27.0 Å². The molecule has 2 aromatic carbocycles. The first-order valence-electron chi connectivity index (χ1n) is 10.4. The lowest BCUT2D eigenvalue weighted by Gasteiger charge is -2.24. The van der Waals surface area contributed by atoms with Crippen LogP contribution in [0.4, 0.5) is 18.3 Å². The summed E-state index contributed by atoms with van der Waals surface area (Å²) in [5.41, 5.74) is 0.369. The number of Topliss-reactive ketones (excluding diaryl/α,β-unsaturated/α-hetero) is 1. The smallest absolute Gasteiger partial charge is 0.416 e. The molecule has 1 aromatic heterocycles. The second-order valence-electron chi connectivity index (χ2n) is 8.17. The molecule has 6 nitrogen and oxygen atoms in total. The fourth-order valence-corrected chi connectivity index (χ4v) is 4.48. The number of carbonyl (C=O) groups excluding carboxylic acids is 2. The Hall–Kier alpha value is -3.53. The van der Waals surface area contributed by atoms with E-state index in [1.165, 1.54) is 12.1 Å². The molecular weight excluding hydrogens is 467 g/mol. The van der Waals surface area contributed by atoms with Gasteiger partial charge in [-0.3, -0.25) is 14.5 Å². The molecule has 0 spiro atoms. The zero-order chi connectivity index (χ0) is 24.8. The van der Waals surface area contributed by atoms with Gasteiger partial charge in [0.15, 0.2) is 11.5 Å². The van der Waals surface area contributed by atoms with Crippen LogP contribution >= 0.6 is 11.3 Å². The van der Waals surface area contributed by atoms with Gasteiger partial charge in [0, 0.05) is 5.56 Å². The highest BCUT2D eigenvalue weighted by Gasteiger charge is 2.46. The third kappa shape index (κ3) is 4.21. The van der Waals surface area contributed by atoms with Crippen LogP contribution in [0.3, 0.4) is 0 Å². The number of nitrogens with zero attached hydrogens (tertiary/aromatic N) is 3. The number of anilines is 1. The number of aromatic nitrogens is 2. The van der Waals surface area contributed by atoms with Crippen LogP contribution in [0.15, 0.2) is 59.9 Å². The predicted octanol–water partition coefficient (Wildman–Crippen LogP) is 5.77. The largest absolute Gasteiger partial charge is 0.503 e. The summed E-state index contributed by atoms with van der Waals surface area (Å²) in [6.45, 7) is 5.68. The van der Waals surface area contributed by atoms with Crippen LogP contribution in [0.2, 0.25) is 0 Å². The van der Waals surface area contributed by atoms with Gasteiger partial charge in [0.2, 0.25) is 5.13 Å². The summed E-state index contributed by atoms with van der Waals surface area (Å²) in [5, 5.41) is 19.2. The molecule has 1 N–H and O–H groups in total. The maximum absolute atomic E-state index is 13.5. The molecule has 0 saturated carbocycles. The standard InChI is InChI=1S/C24H20F3N3O3S/c1-12(2)14-4-6-16(7-5-14)20(31)18-19(15-8-10-17(11-9-15)24(25,26)27)30(22(33)21(18)32)23-29-28-13(3)34-23/h4-12,19,32H,1-3H3. The van der Waals surface area contributed by atoms with Crippen LogP contribution in [0.5, 0.6) is 0 Å². The van der Waals surface area contributed by atoms with Crippen molar-refractivity contribution in [3.63, 3.8) is 0 Å². The number of hydrogen-bond donors (Lipinski definition) is 1. The molecule has 176 valence electrons. The average Bonchev–Trinajstić information content (AvgIpc) is 3.33. The minimum Gasteiger partial charge on any atom is -0.503 e. The number of benzene rings is 2. The number of rotatable bonds is 5. The fourth-order valence-electron chi connectivity index (χ4n) is 3.76. The molecule has 10 heteroatoms. The first kappa shape index (κ1) is 23.6. The highest BCUT2D eigenvalue weighted by atomic mass is 32.1. The quantitative estimate of drug-likeness (QED) is 0.462. The normalized spacial score (nSPS) is 16.6. The molecule has 4 rings (SSSR count). The van der Waals surface area contributed by atoms with E-state index in [-0.39, 0.29) is 27.7 Å². The Morgan fingerprint density at radius 2 is 1.68 bits per heavy atom. The molecule has 1 unspecified atom stereocenters. The van der Waals surface area contributed by atoms with E-state index in [1.807, 2.05) is 13.8 Å². The number of aliphatic hydroxyl groups is 1. The highest BCUT2D eigenvalue weighted by Crippen LogP contribution is 2.43. The Morgan fingerprint density at radius 3 is 2.18 bits per heavy atom. The summed E-state index contributed by atoms with van der Waals surface area (Å²) in [6, 6.07) is 9.73. The molecule has 0 saturated heterocycles. The minimum absolute atomic E-state index is 0.122. The average molecular weight is 488 g/mol. The zero-order valence-electron chi connectivity index (χ0n) is 18.4.